The van der Waals surface area contributed by atoms with Gasteiger partial charge in [0.15, 0.2) is 0 Å². The molecule has 0 aliphatic carbocycles. The molecule has 3 heterocycles. The van der Waals surface area contributed by atoms with Crippen molar-refractivity contribution in [3.63, 3.8) is 0 Å². The van der Waals surface area contributed by atoms with Gasteiger partial charge in [0, 0.05) is 34.5 Å². The third-order valence-electron chi connectivity index (χ3n) is 9.31. The summed E-state index contributed by atoms with van der Waals surface area (Å²) in [6, 6.07) is 47.3. The molecule has 0 saturated carbocycles. The fourth-order valence-electron chi connectivity index (χ4n) is 7.16. The second-order valence-electron chi connectivity index (χ2n) is 14.6. The number of ether oxygens (including phenoxy) is 1. The Labute approximate surface area is 320 Å². The molecule has 0 unspecified atom stereocenters. The van der Waals surface area contributed by atoms with Crippen LogP contribution in [0.5, 0.6) is 11.5 Å². The number of aromatic nitrogens is 4. The van der Waals surface area contributed by atoms with Crippen LogP contribution in [0.4, 0.5) is 0 Å². The summed E-state index contributed by atoms with van der Waals surface area (Å²) in [5.74, 6) is 2.07. The number of pyridine rings is 1. The first-order valence-corrected chi connectivity index (χ1v) is 17.5. The number of aryl methyl sites for hydroxylation is 2. The smallest absolute Gasteiger partial charge is 0.509 e. The standard InChI is InChI=1S/C46H40N4O.Pt/c1-30-21-22-47-44(23-30)49-42-20-17-36(34-13-9-7-10-14-34)26-41(42)40-19-18-38(28-43(40)49)51-39-25-33(29-46(4,5)6)24-37(27-39)50-32(3)45(31(2)48-50)35-15-11-8-12-16-35;/h7-26H,29H2,1-6H3;/q-2;+2. The fraction of sp³-hybridized carbons (Fsp3) is 0.174. The number of hydrogen-bond donors (Lipinski definition) is 0. The summed E-state index contributed by atoms with van der Waals surface area (Å²) < 4.78 is 10.9. The number of hydrogen-bond acceptors (Lipinski definition) is 3. The average molecular weight is 860 g/mol. The average Bonchev–Trinajstić information content (AvgIpc) is 3.60. The van der Waals surface area contributed by atoms with E-state index in [9.17, 15) is 0 Å². The molecule has 0 N–H and O–H groups in total. The van der Waals surface area contributed by atoms with Gasteiger partial charge in [-0.2, -0.15) is 16.7 Å². The zero-order valence-electron chi connectivity index (χ0n) is 30.3. The maximum Gasteiger partial charge on any atom is 2.00 e. The zero-order valence-corrected chi connectivity index (χ0v) is 32.5. The molecule has 6 heteroatoms. The summed E-state index contributed by atoms with van der Waals surface area (Å²) in [5, 5.41) is 7.22. The first-order chi connectivity index (χ1) is 24.6. The Morgan fingerprint density at radius 3 is 2.13 bits per heavy atom. The van der Waals surface area contributed by atoms with Gasteiger partial charge in [-0.25, -0.2) is 4.98 Å². The Kier molecular flexibility index (Phi) is 9.50. The molecule has 8 aromatic rings. The summed E-state index contributed by atoms with van der Waals surface area (Å²) in [4.78, 5) is 4.79. The van der Waals surface area contributed by atoms with Crippen LogP contribution in [0.15, 0.2) is 121 Å². The molecule has 5 aromatic carbocycles. The minimum Gasteiger partial charge on any atom is -0.509 e. The predicted octanol–water partition coefficient (Wildman–Crippen LogP) is 11.6. The number of benzene rings is 5. The van der Waals surface area contributed by atoms with Crippen molar-refractivity contribution in [3.05, 3.63) is 156 Å². The van der Waals surface area contributed by atoms with Gasteiger partial charge in [-0.3, -0.25) is 4.68 Å². The van der Waals surface area contributed by atoms with Gasteiger partial charge in [-0.1, -0.05) is 99.1 Å². The molecule has 260 valence electrons. The van der Waals surface area contributed by atoms with Crippen molar-refractivity contribution in [2.45, 2.75) is 48.0 Å². The van der Waals surface area contributed by atoms with Gasteiger partial charge in [-0.05, 0) is 84.1 Å². The monoisotopic (exact) mass is 859 g/mol. The minimum absolute atomic E-state index is 0. The number of rotatable bonds is 7. The van der Waals surface area contributed by atoms with Gasteiger partial charge in [0.2, 0.25) is 0 Å². The summed E-state index contributed by atoms with van der Waals surface area (Å²) in [5.41, 5.74) is 11.9. The fourth-order valence-corrected chi connectivity index (χ4v) is 7.16. The largest absolute Gasteiger partial charge is 2.00 e. The SMILES string of the molecule is Cc1ccnc(-n2c3[c-]c(Oc4[c-]c(-n5nc(C)c(-c6ccccc6)c5C)cc(CC(C)(C)C)c4)ccc3c3cc(-c4ccccc4)ccc32)c1.[Pt+2]. The molecule has 0 saturated heterocycles. The molecule has 5 nitrogen and oxygen atoms in total. The molecular formula is C46H40N4OPt. The minimum atomic E-state index is 0. The van der Waals surface area contributed by atoms with Crippen LogP contribution < -0.4 is 4.74 Å². The van der Waals surface area contributed by atoms with Gasteiger partial charge in [-0.15, -0.1) is 35.7 Å². The molecule has 0 spiro atoms. The van der Waals surface area contributed by atoms with E-state index in [1.807, 2.05) is 35.1 Å². The van der Waals surface area contributed by atoms with Crippen LogP contribution in [0.3, 0.4) is 0 Å². The molecule has 52 heavy (non-hydrogen) atoms. The van der Waals surface area contributed by atoms with Crippen LogP contribution in [0, 0.1) is 38.3 Å². The molecule has 0 bridgehead atoms. The second kappa shape index (κ2) is 14.0. The van der Waals surface area contributed by atoms with Gasteiger partial charge < -0.3 is 9.30 Å². The summed E-state index contributed by atoms with van der Waals surface area (Å²) in [6.45, 7) is 13.0. The van der Waals surface area contributed by atoms with Crippen molar-refractivity contribution in [2.75, 3.05) is 0 Å². The Balaban J connectivity index is 0.00000420. The number of nitrogens with zero attached hydrogens (tertiary/aromatic N) is 4. The first-order valence-electron chi connectivity index (χ1n) is 17.5. The quantitative estimate of drug-likeness (QED) is 0.150. The van der Waals surface area contributed by atoms with E-state index in [0.717, 1.165) is 78.9 Å². The maximum absolute atomic E-state index is 6.68. The summed E-state index contributed by atoms with van der Waals surface area (Å²) in [7, 11) is 0. The van der Waals surface area contributed by atoms with Crippen LogP contribution >= 0.6 is 0 Å². The van der Waals surface area contributed by atoms with Gasteiger partial charge in [0.25, 0.3) is 0 Å². The normalized spacial score (nSPS) is 11.6. The molecule has 8 rings (SSSR count). The Bertz CT molecular complexity index is 2540. The maximum atomic E-state index is 6.68. The molecule has 0 amide bonds. The molecule has 0 radical (unpaired) electrons. The molecule has 0 atom stereocenters. The van der Waals surface area contributed by atoms with E-state index >= 15 is 0 Å². The summed E-state index contributed by atoms with van der Waals surface area (Å²) >= 11 is 0. The van der Waals surface area contributed by atoms with Gasteiger partial charge in [0.05, 0.1) is 5.69 Å². The van der Waals surface area contributed by atoms with E-state index in [0.29, 0.717) is 11.5 Å². The van der Waals surface area contributed by atoms with Crippen molar-refractivity contribution in [1.29, 1.82) is 0 Å². The molecule has 0 aliphatic rings. The van der Waals surface area contributed by atoms with E-state index in [2.05, 4.69) is 149 Å². The molecule has 0 fully saturated rings. The van der Waals surface area contributed by atoms with Crippen LogP contribution in [0.25, 0.3) is 55.6 Å². The zero-order chi connectivity index (χ0) is 35.3. The topological polar surface area (TPSA) is 44.9 Å². The Morgan fingerprint density at radius 1 is 0.692 bits per heavy atom. The van der Waals surface area contributed by atoms with Crippen molar-refractivity contribution in [3.8, 4) is 45.3 Å². The van der Waals surface area contributed by atoms with Crippen molar-refractivity contribution < 1.29 is 25.8 Å². The Hall–Kier alpha value is -5.25. The second-order valence-corrected chi connectivity index (χ2v) is 14.6. The summed E-state index contributed by atoms with van der Waals surface area (Å²) in [6.07, 6.45) is 2.73. The van der Waals surface area contributed by atoms with Crippen molar-refractivity contribution >= 4 is 21.8 Å². The van der Waals surface area contributed by atoms with Crippen LogP contribution in [-0.4, -0.2) is 19.3 Å². The van der Waals surface area contributed by atoms with Crippen LogP contribution in [0.1, 0.15) is 43.3 Å². The molecule has 0 aliphatic heterocycles. The predicted molar refractivity (Wildman–Crippen MR) is 208 cm³/mol. The van der Waals surface area contributed by atoms with E-state index in [1.165, 1.54) is 5.56 Å². The first kappa shape index (κ1) is 35.2. The molecule has 3 aromatic heterocycles. The van der Waals surface area contributed by atoms with Crippen molar-refractivity contribution in [2.24, 2.45) is 5.41 Å². The van der Waals surface area contributed by atoms with Gasteiger partial charge >= 0.3 is 21.1 Å². The van der Waals surface area contributed by atoms with Crippen LogP contribution in [0.2, 0.25) is 0 Å². The van der Waals surface area contributed by atoms with Gasteiger partial charge in [0.1, 0.15) is 5.82 Å². The third-order valence-corrected chi connectivity index (χ3v) is 9.31. The molecular weight excluding hydrogens is 820 g/mol. The van der Waals surface area contributed by atoms with E-state index in [1.54, 1.807) is 0 Å². The number of fused-ring (bicyclic) bond motifs is 3. The van der Waals surface area contributed by atoms with E-state index in [-0.39, 0.29) is 26.5 Å². The van der Waals surface area contributed by atoms with Crippen LogP contribution in [-0.2, 0) is 27.5 Å². The Morgan fingerprint density at radius 2 is 1.42 bits per heavy atom. The third kappa shape index (κ3) is 6.86. The van der Waals surface area contributed by atoms with E-state index < -0.39 is 0 Å². The van der Waals surface area contributed by atoms with E-state index in [4.69, 9.17) is 14.8 Å². The van der Waals surface area contributed by atoms with Crippen molar-refractivity contribution in [1.82, 2.24) is 19.3 Å².